The molecule has 2 amide bonds. The summed E-state index contributed by atoms with van der Waals surface area (Å²) in [6.07, 6.45) is 1.21. The Bertz CT molecular complexity index is 815. The monoisotopic (exact) mass is 359 g/mol. The highest BCUT2D eigenvalue weighted by Gasteiger charge is 2.39. The molecule has 2 aromatic rings. The fraction of sp³-hybridized carbons (Fsp3) is 0.368. The van der Waals surface area contributed by atoms with Crippen molar-refractivity contribution in [3.05, 3.63) is 35.9 Å². The van der Waals surface area contributed by atoms with Crippen molar-refractivity contribution in [2.75, 3.05) is 20.8 Å². The van der Waals surface area contributed by atoms with E-state index in [1.165, 1.54) is 4.90 Å². The first kappa shape index (κ1) is 17.6. The molecule has 6 heteroatoms. The van der Waals surface area contributed by atoms with Gasteiger partial charge in [0.1, 0.15) is 11.5 Å². The topological polar surface area (TPSA) is 55.8 Å². The second-order valence-electron chi connectivity index (χ2n) is 5.90. The Morgan fingerprint density at radius 3 is 2.56 bits per heavy atom. The maximum atomic E-state index is 12.6. The van der Waals surface area contributed by atoms with Gasteiger partial charge >= 0.3 is 0 Å². The number of ether oxygens (including phenoxy) is 2. The van der Waals surface area contributed by atoms with Crippen molar-refractivity contribution in [2.24, 2.45) is 0 Å². The summed E-state index contributed by atoms with van der Waals surface area (Å²) in [5, 5.41) is 1.45. The highest BCUT2D eigenvalue weighted by atomic mass is 32.2. The lowest BCUT2D eigenvalue weighted by Gasteiger charge is -2.16. The Morgan fingerprint density at radius 1 is 1.12 bits per heavy atom. The number of fused-ring (bicyclic) bond motifs is 1. The van der Waals surface area contributed by atoms with E-state index in [9.17, 15) is 9.59 Å². The lowest BCUT2D eigenvalue weighted by Crippen LogP contribution is -2.32. The highest BCUT2D eigenvalue weighted by Crippen LogP contribution is 2.36. The number of hydrogen-bond donors (Lipinski definition) is 0. The van der Waals surface area contributed by atoms with Crippen LogP contribution in [0.4, 0.5) is 4.79 Å². The molecule has 1 aliphatic heterocycles. The van der Waals surface area contributed by atoms with Crippen LogP contribution < -0.4 is 9.47 Å². The van der Waals surface area contributed by atoms with Crippen molar-refractivity contribution in [1.29, 1.82) is 0 Å². The molecule has 0 radical (unpaired) electrons. The van der Waals surface area contributed by atoms with Gasteiger partial charge in [-0.2, -0.15) is 0 Å². The molecule has 2 aromatic carbocycles. The molecule has 0 unspecified atom stereocenters. The average Bonchev–Trinajstić information content (AvgIpc) is 2.89. The summed E-state index contributed by atoms with van der Waals surface area (Å²) in [4.78, 5) is 26.1. The molecular formula is C19H21NO4S. The maximum Gasteiger partial charge on any atom is 0.289 e. The minimum atomic E-state index is -0.412. The number of methoxy groups -OCH3 is 2. The Balaban J connectivity index is 2.00. The van der Waals surface area contributed by atoms with E-state index in [4.69, 9.17) is 9.47 Å². The molecule has 0 aromatic heterocycles. The van der Waals surface area contributed by atoms with Crippen LogP contribution >= 0.6 is 11.8 Å². The number of amides is 2. The minimum absolute atomic E-state index is 0.112. The molecule has 25 heavy (non-hydrogen) atoms. The minimum Gasteiger partial charge on any atom is -0.497 e. The summed E-state index contributed by atoms with van der Waals surface area (Å²) in [7, 11) is 3.24. The maximum absolute atomic E-state index is 12.6. The first-order valence-electron chi connectivity index (χ1n) is 8.24. The lowest BCUT2D eigenvalue weighted by atomic mass is 9.99. The molecule has 5 nitrogen and oxygen atoms in total. The third-order valence-electron chi connectivity index (χ3n) is 4.36. The molecule has 132 valence electrons. The molecule has 0 N–H and O–H groups in total. The zero-order chi connectivity index (χ0) is 18.0. The molecule has 3 rings (SSSR count). The van der Waals surface area contributed by atoms with Crippen LogP contribution in [-0.2, 0) is 11.2 Å². The number of imide groups is 1. The van der Waals surface area contributed by atoms with E-state index in [1.54, 1.807) is 14.2 Å². The van der Waals surface area contributed by atoms with E-state index >= 15 is 0 Å². The van der Waals surface area contributed by atoms with Gasteiger partial charge in [0, 0.05) is 12.1 Å². The van der Waals surface area contributed by atoms with E-state index in [-0.39, 0.29) is 11.1 Å². The van der Waals surface area contributed by atoms with Crippen LogP contribution in [0.25, 0.3) is 10.8 Å². The van der Waals surface area contributed by atoms with Gasteiger partial charge in [0.2, 0.25) is 5.91 Å². The molecule has 1 heterocycles. The molecular weight excluding hydrogens is 338 g/mol. The normalized spacial score (nSPS) is 17.4. The first-order chi connectivity index (χ1) is 12.1. The summed E-state index contributed by atoms with van der Waals surface area (Å²) in [6.45, 7) is 2.43. The van der Waals surface area contributed by atoms with Gasteiger partial charge in [0.15, 0.2) is 0 Å². The Labute approximate surface area is 151 Å². The molecule has 1 fully saturated rings. The summed E-state index contributed by atoms with van der Waals surface area (Å²) >= 11 is 1.10. The van der Waals surface area contributed by atoms with Gasteiger partial charge in [-0.3, -0.25) is 14.5 Å². The number of carbonyl (C=O) groups is 2. The second-order valence-corrected chi connectivity index (χ2v) is 7.05. The van der Waals surface area contributed by atoms with Crippen molar-refractivity contribution in [3.63, 3.8) is 0 Å². The first-order valence-corrected chi connectivity index (χ1v) is 9.12. The molecule has 0 bridgehead atoms. The highest BCUT2D eigenvalue weighted by molar-refractivity contribution is 8.15. The van der Waals surface area contributed by atoms with E-state index in [1.807, 2.05) is 37.3 Å². The Kier molecular flexibility index (Phi) is 5.18. The van der Waals surface area contributed by atoms with Crippen molar-refractivity contribution in [3.8, 4) is 11.5 Å². The fourth-order valence-corrected chi connectivity index (χ4v) is 4.14. The van der Waals surface area contributed by atoms with Gasteiger partial charge in [-0.1, -0.05) is 30.8 Å². The third-order valence-corrected chi connectivity index (χ3v) is 5.43. The average molecular weight is 359 g/mol. The van der Waals surface area contributed by atoms with E-state index < -0.39 is 5.25 Å². The molecule has 0 saturated carbocycles. The van der Waals surface area contributed by atoms with Crippen LogP contribution in [-0.4, -0.2) is 42.1 Å². The standard InChI is InChI=1S/C19H21NO4S/c1-4-9-20-18(21)17(25-19(20)22)11-15-14-10-13(23-2)7-5-12(14)6-8-16(15)24-3/h5-8,10,17H,4,9,11H2,1-3H3/t17-/m0/s1. The van der Waals surface area contributed by atoms with E-state index in [2.05, 4.69) is 0 Å². The Morgan fingerprint density at radius 2 is 1.88 bits per heavy atom. The summed E-state index contributed by atoms with van der Waals surface area (Å²) in [5.74, 6) is 1.35. The van der Waals surface area contributed by atoms with Gasteiger partial charge in [-0.25, -0.2) is 0 Å². The van der Waals surface area contributed by atoms with Crippen LogP contribution in [0.3, 0.4) is 0 Å². The van der Waals surface area contributed by atoms with Gasteiger partial charge in [0.25, 0.3) is 5.24 Å². The van der Waals surface area contributed by atoms with E-state index in [0.29, 0.717) is 13.0 Å². The van der Waals surface area contributed by atoms with Crippen molar-refractivity contribution in [2.45, 2.75) is 25.0 Å². The number of carbonyl (C=O) groups excluding carboxylic acids is 2. The van der Waals surface area contributed by atoms with Gasteiger partial charge < -0.3 is 9.47 Å². The number of rotatable bonds is 6. The number of benzene rings is 2. The summed E-state index contributed by atoms with van der Waals surface area (Å²) in [5.41, 5.74) is 0.927. The number of nitrogens with zero attached hydrogens (tertiary/aromatic N) is 1. The van der Waals surface area contributed by atoms with Crippen LogP contribution in [0.1, 0.15) is 18.9 Å². The predicted molar refractivity (Wildman–Crippen MR) is 99.5 cm³/mol. The summed E-state index contributed by atoms with van der Waals surface area (Å²) < 4.78 is 10.8. The SMILES string of the molecule is CCCN1C(=O)S[C@@H](Cc2c(OC)ccc3ccc(OC)cc23)C1=O. The molecule has 1 saturated heterocycles. The van der Waals surface area contributed by atoms with Gasteiger partial charge in [0.05, 0.1) is 19.5 Å². The largest absolute Gasteiger partial charge is 0.497 e. The zero-order valence-corrected chi connectivity index (χ0v) is 15.4. The molecule has 0 aliphatic carbocycles. The smallest absolute Gasteiger partial charge is 0.289 e. The predicted octanol–water partition coefficient (Wildman–Crippen LogP) is 3.87. The van der Waals surface area contributed by atoms with Crippen molar-refractivity contribution < 1.29 is 19.1 Å². The number of thioether (sulfide) groups is 1. The van der Waals surface area contributed by atoms with Gasteiger partial charge in [-0.15, -0.1) is 0 Å². The quantitative estimate of drug-likeness (QED) is 0.783. The fourth-order valence-electron chi connectivity index (χ4n) is 3.11. The van der Waals surface area contributed by atoms with E-state index in [0.717, 1.165) is 46.0 Å². The molecule has 1 atom stereocenters. The third kappa shape index (κ3) is 3.31. The van der Waals surface area contributed by atoms with Gasteiger partial charge in [-0.05, 0) is 41.8 Å². The van der Waals surface area contributed by atoms with Crippen LogP contribution in [0, 0.1) is 0 Å². The summed E-state index contributed by atoms with van der Waals surface area (Å²) in [6, 6.07) is 9.72. The van der Waals surface area contributed by atoms with Crippen LogP contribution in [0.2, 0.25) is 0 Å². The molecule has 0 spiro atoms. The zero-order valence-electron chi connectivity index (χ0n) is 14.6. The second kappa shape index (κ2) is 7.35. The Hall–Kier alpha value is -2.21. The van der Waals surface area contributed by atoms with Crippen LogP contribution in [0.15, 0.2) is 30.3 Å². The van der Waals surface area contributed by atoms with Crippen LogP contribution in [0.5, 0.6) is 11.5 Å². The lowest BCUT2D eigenvalue weighted by molar-refractivity contribution is -0.126. The van der Waals surface area contributed by atoms with Crippen molar-refractivity contribution in [1.82, 2.24) is 4.90 Å². The van der Waals surface area contributed by atoms with Crippen molar-refractivity contribution >= 4 is 33.7 Å². The molecule has 1 aliphatic rings. The number of hydrogen-bond acceptors (Lipinski definition) is 5.